The molecule has 18 heavy (non-hydrogen) atoms. The summed E-state index contributed by atoms with van der Waals surface area (Å²) in [5.74, 6) is 0.814. The Morgan fingerprint density at radius 2 is 2.17 bits per heavy atom. The van der Waals surface area contributed by atoms with E-state index in [-0.39, 0.29) is 0 Å². The number of hydrogen-bond acceptors (Lipinski definition) is 4. The molecule has 0 saturated carbocycles. The number of fused-ring (bicyclic) bond motifs is 1. The van der Waals surface area contributed by atoms with Gasteiger partial charge in [-0.25, -0.2) is 9.97 Å². The largest absolute Gasteiger partial charge is 0.369 e. The lowest BCUT2D eigenvalue weighted by atomic mass is 10.2. The van der Waals surface area contributed by atoms with Crippen LogP contribution in [0, 0.1) is 11.3 Å². The lowest BCUT2D eigenvalue weighted by Crippen LogP contribution is -2.04. The van der Waals surface area contributed by atoms with Crippen molar-refractivity contribution in [2.45, 2.75) is 19.3 Å². The highest BCUT2D eigenvalue weighted by Gasteiger charge is 2.03. The van der Waals surface area contributed by atoms with E-state index in [0.29, 0.717) is 11.4 Å². The second-order valence-corrected chi connectivity index (χ2v) is 4.36. The monoisotopic (exact) mass is 260 g/mol. The number of hydrogen-bond donors (Lipinski definition) is 1. The number of halogens is 1. The summed E-state index contributed by atoms with van der Waals surface area (Å²) in [4.78, 5) is 8.41. The van der Waals surface area contributed by atoms with Crippen LogP contribution in [0.5, 0.6) is 0 Å². The summed E-state index contributed by atoms with van der Waals surface area (Å²) in [5, 5.41) is 13.3. The third-order valence-corrected chi connectivity index (χ3v) is 2.84. The molecule has 0 aliphatic carbocycles. The zero-order valence-electron chi connectivity index (χ0n) is 9.86. The number of nitriles is 1. The first-order chi connectivity index (χ1) is 8.81. The minimum absolute atomic E-state index is 0.599. The van der Waals surface area contributed by atoms with Crippen LogP contribution in [0.1, 0.15) is 19.3 Å². The molecule has 2 aromatic rings. The van der Waals surface area contributed by atoms with Gasteiger partial charge in [0.05, 0.1) is 11.6 Å². The van der Waals surface area contributed by atoms with Crippen molar-refractivity contribution < 1.29 is 0 Å². The number of nitrogens with zero attached hydrogens (tertiary/aromatic N) is 3. The Labute approximate surface area is 111 Å². The van der Waals surface area contributed by atoms with E-state index in [9.17, 15) is 0 Å². The zero-order chi connectivity index (χ0) is 12.8. The fraction of sp³-hybridized carbons (Fsp3) is 0.308. The molecule has 0 spiro atoms. The molecule has 0 unspecified atom stereocenters. The average Bonchev–Trinajstić information content (AvgIpc) is 2.38. The maximum absolute atomic E-state index is 8.45. The quantitative estimate of drug-likeness (QED) is 0.837. The minimum Gasteiger partial charge on any atom is -0.369 e. The van der Waals surface area contributed by atoms with Crippen LogP contribution in [-0.2, 0) is 0 Å². The van der Waals surface area contributed by atoms with Gasteiger partial charge in [0.15, 0.2) is 0 Å². The Kier molecular flexibility index (Phi) is 4.32. The topological polar surface area (TPSA) is 61.6 Å². The van der Waals surface area contributed by atoms with Crippen molar-refractivity contribution in [2.75, 3.05) is 11.9 Å². The predicted octanol–water partition coefficient (Wildman–Crippen LogP) is 3.39. The summed E-state index contributed by atoms with van der Waals surface area (Å²) >= 11 is 5.92. The van der Waals surface area contributed by atoms with E-state index >= 15 is 0 Å². The van der Waals surface area contributed by atoms with Crippen LogP contribution in [0.3, 0.4) is 0 Å². The van der Waals surface area contributed by atoms with Crippen LogP contribution in [0.2, 0.25) is 5.02 Å². The fourth-order valence-electron chi connectivity index (χ4n) is 1.71. The van der Waals surface area contributed by atoms with Crippen molar-refractivity contribution in [3.8, 4) is 6.07 Å². The third-order valence-electron chi connectivity index (χ3n) is 2.61. The summed E-state index contributed by atoms with van der Waals surface area (Å²) in [6.45, 7) is 0.802. The molecule has 5 heteroatoms. The number of nitrogens with one attached hydrogen (secondary N) is 1. The minimum atomic E-state index is 0.599. The van der Waals surface area contributed by atoms with Crippen LogP contribution in [-0.4, -0.2) is 16.5 Å². The van der Waals surface area contributed by atoms with Gasteiger partial charge in [0.2, 0.25) is 0 Å². The van der Waals surface area contributed by atoms with Gasteiger partial charge in [-0.2, -0.15) is 5.26 Å². The summed E-state index contributed by atoms with van der Waals surface area (Å²) in [5.41, 5.74) is 0.831. The molecule has 0 atom stereocenters. The van der Waals surface area contributed by atoms with Gasteiger partial charge in [-0.15, -0.1) is 0 Å². The summed E-state index contributed by atoms with van der Waals surface area (Å²) in [7, 11) is 0. The molecule has 0 saturated heterocycles. The molecule has 0 radical (unpaired) electrons. The summed E-state index contributed by atoms with van der Waals surface area (Å²) < 4.78 is 0. The van der Waals surface area contributed by atoms with E-state index < -0.39 is 0 Å². The van der Waals surface area contributed by atoms with E-state index in [1.165, 1.54) is 6.33 Å². The lowest BCUT2D eigenvalue weighted by Gasteiger charge is -2.07. The van der Waals surface area contributed by atoms with Crippen LogP contribution in [0.4, 0.5) is 5.82 Å². The van der Waals surface area contributed by atoms with E-state index in [1.807, 2.05) is 18.2 Å². The maximum atomic E-state index is 8.45. The van der Waals surface area contributed by atoms with Crippen molar-refractivity contribution in [1.29, 1.82) is 5.26 Å². The SMILES string of the molecule is N#CCCCCNc1ncnc2cc(Cl)ccc12. The second-order valence-electron chi connectivity index (χ2n) is 3.93. The van der Waals surface area contributed by atoms with Crippen molar-refractivity contribution >= 4 is 28.3 Å². The van der Waals surface area contributed by atoms with Crippen molar-refractivity contribution in [3.63, 3.8) is 0 Å². The Bertz CT molecular complexity index is 577. The molecule has 2 rings (SSSR count). The van der Waals surface area contributed by atoms with Crippen LogP contribution >= 0.6 is 11.6 Å². The first kappa shape index (κ1) is 12.6. The molecule has 1 N–H and O–H groups in total. The smallest absolute Gasteiger partial charge is 0.137 e. The Balaban J connectivity index is 2.07. The summed E-state index contributed by atoms with van der Waals surface area (Å²) in [6, 6.07) is 7.69. The maximum Gasteiger partial charge on any atom is 0.137 e. The normalized spacial score (nSPS) is 10.2. The average molecular weight is 261 g/mol. The second kappa shape index (κ2) is 6.18. The van der Waals surface area contributed by atoms with E-state index in [0.717, 1.165) is 36.1 Å². The molecule has 1 heterocycles. The molecule has 92 valence electrons. The molecule has 1 aromatic heterocycles. The highest BCUT2D eigenvalue weighted by Crippen LogP contribution is 2.22. The molecule has 1 aromatic carbocycles. The Morgan fingerprint density at radius 1 is 1.28 bits per heavy atom. The standard InChI is InChI=1S/C13H13ClN4/c14-10-4-5-11-12(8-10)17-9-18-13(11)16-7-3-1-2-6-15/h4-5,8-9H,1-3,7H2,(H,16,17,18). The van der Waals surface area contributed by atoms with Gasteiger partial charge >= 0.3 is 0 Å². The number of anilines is 1. The van der Waals surface area contributed by atoms with Crippen molar-refractivity contribution in [1.82, 2.24) is 9.97 Å². The summed E-state index contributed by atoms with van der Waals surface area (Å²) in [6.07, 6.45) is 3.98. The molecule has 0 fully saturated rings. The van der Waals surface area contributed by atoms with Crippen LogP contribution in [0.15, 0.2) is 24.5 Å². The molecular formula is C13H13ClN4. The highest BCUT2D eigenvalue weighted by molar-refractivity contribution is 6.31. The molecule has 0 amide bonds. The molecular weight excluding hydrogens is 248 g/mol. The Hall–Kier alpha value is -1.86. The first-order valence-corrected chi connectivity index (χ1v) is 6.20. The number of benzene rings is 1. The van der Waals surface area contributed by atoms with Crippen LogP contribution < -0.4 is 5.32 Å². The number of rotatable bonds is 5. The van der Waals surface area contributed by atoms with Crippen LogP contribution in [0.25, 0.3) is 10.9 Å². The van der Waals surface area contributed by atoms with Gasteiger partial charge in [-0.1, -0.05) is 11.6 Å². The number of unbranched alkanes of at least 4 members (excludes halogenated alkanes) is 2. The van der Waals surface area contributed by atoms with Gasteiger partial charge in [-0.05, 0) is 31.0 Å². The van der Waals surface area contributed by atoms with Crippen molar-refractivity contribution in [3.05, 3.63) is 29.5 Å². The van der Waals surface area contributed by atoms with Gasteiger partial charge in [-0.3, -0.25) is 0 Å². The fourth-order valence-corrected chi connectivity index (χ4v) is 1.87. The number of aromatic nitrogens is 2. The molecule has 0 aliphatic heterocycles. The van der Waals surface area contributed by atoms with E-state index in [1.54, 1.807) is 0 Å². The van der Waals surface area contributed by atoms with Gasteiger partial charge in [0.1, 0.15) is 12.1 Å². The molecule has 0 aliphatic rings. The molecule has 4 nitrogen and oxygen atoms in total. The molecule has 0 bridgehead atoms. The third kappa shape index (κ3) is 3.08. The zero-order valence-corrected chi connectivity index (χ0v) is 10.6. The first-order valence-electron chi connectivity index (χ1n) is 5.82. The lowest BCUT2D eigenvalue weighted by molar-refractivity contribution is 0.783. The predicted molar refractivity (Wildman–Crippen MR) is 72.5 cm³/mol. The van der Waals surface area contributed by atoms with Crippen molar-refractivity contribution in [2.24, 2.45) is 0 Å². The highest BCUT2D eigenvalue weighted by atomic mass is 35.5. The van der Waals surface area contributed by atoms with E-state index in [4.69, 9.17) is 16.9 Å². The van der Waals surface area contributed by atoms with E-state index in [2.05, 4.69) is 21.4 Å². The Morgan fingerprint density at radius 3 is 3.00 bits per heavy atom. The van der Waals surface area contributed by atoms with Gasteiger partial charge < -0.3 is 5.32 Å². The van der Waals surface area contributed by atoms with Gasteiger partial charge in [0, 0.05) is 23.4 Å². The van der Waals surface area contributed by atoms with Gasteiger partial charge in [0.25, 0.3) is 0 Å².